The quantitative estimate of drug-likeness (QED) is 0.604. The first-order valence-electron chi connectivity index (χ1n) is 8.37. The van der Waals surface area contributed by atoms with Crippen LogP contribution in [0.1, 0.15) is 29.1 Å². The number of nitrogens with one attached hydrogen (secondary N) is 1. The van der Waals surface area contributed by atoms with Gasteiger partial charge in [0.15, 0.2) is 0 Å². The van der Waals surface area contributed by atoms with Gasteiger partial charge >= 0.3 is 0 Å². The maximum absolute atomic E-state index is 12.6. The van der Waals surface area contributed by atoms with Gasteiger partial charge in [-0.2, -0.15) is 0 Å². The van der Waals surface area contributed by atoms with Gasteiger partial charge in [-0.15, -0.1) is 11.3 Å². The van der Waals surface area contributed by atoms with Crippen LogP contribution >= 0.6 is 11.3 Å². The van der Waals surface area contributed by atoms with Crippen molar-refractivity contribution in [1.29, 1.82) is 0 Å². The number of aromatic nitrogens is 3. The van der Waals surface area contributed by atoms with E-state index in [1.165, 1.54) is 28.7 Å². The lowest BCUT2D eigenvalue weighted by atomic mass is 9.97. The molecule has 5 heteroatoms. The Kier molecular flexibility index (Phi) is 3.10. The molecular weight excluding hydrogens is 318 g/mol. The molecule has 1 aliphatic rings. The zero-order valence-corrected chi connectivity index (χ0v) is 14.0. The van der Waals surface area contributed by atoms with Crippen LogP contribution in [0.2, 0.25) is 0 Å². The highest BCUT2D eigenvalue weighted by molar-refractivity contribution is 7.18. The van der Waals surface area contributed by atoms with E-state index in [1.807, 2.05) is 18.3 Å². The molecule has 0 radical (unpaired) electrons. The molecule has 0 fully saturated rings. The third kappa shape index (κ3) is 2.12. The summed E-state index contributed by atoms with van der Waals surface area (Å²) in [5.41, 5.74) is 2.42. The number of hydrogen-bond donors (Lipinski definition) is 1. The van der Waals surface area contributed by atoms with E-state index in [0.717, 1.165) is 34.4 Å². The van der Waals surface area contributed by atoms with Gasteiger partial charge in [0.25, 0.3) is 5.56 Å². The summed E-state index contributed by atoms with van der Waals surface area (Å²) in [4.78, 5) is 22.7. The Morgan fingerprint density at radius 2 is 2.04 bits per heavy atom. The molecule has 1 aromatic carbocycles. The Labute approximate surface area is 142 Å². The van der Waals surface area contributed by atoms with Gasteiger partial charge in [-0.25, -0.2) is 4.98 Å². The van der Waals surface area contributed by atoms with Gasteiger partial charge in [0.2, 0.25) is 0 Å². The van der Waals surface area contributed by atoms with Crippen molar-refractivity contribution in [3.05, 3.63) is 63.1 Å². The van der Waals surface area contributed by atoms with Crippen molar-refractivity contribution in [1.82, 2.24) is 14.5 Å². The highest BCUT2D eigenvalue weighted by atomic mass is 32.1. The third-order valence-corrected chi connectivity index (χ3v) is 6.06. The molecule has 4 nitrogen and oxygen atoms in total. The number of H-pyrrole nitrogens is 1. The minimum absolute atomic E-state index is 0.0193. The van der Waals surface area contributed by atoms with E-state index in [1.54, 1.807) is 11.3 Å². The average Bonchev–Trinajstić information content (AvgIpc) is 3.16. The van der Waals surface area contributed by atoms with Crippen LogP contribution in [0.3, 0.4) is 0 Å². The van der Waals surface area contributed by atoms with Crippen molar-refractivity contribution < 1.29 is 0 Å². The second kappa shape index (κ2) is 5.31. The molecule has 24 heavy (non-hydrogen) atoms. The first-order chi connectivity index (χ1) is 11.8. The summed E-state index contributed by atoms with van der Waals surface area (Å²) in [6.45, 7) is 0.585. The molecule has 3 heterocycles. The lowest BCUT2D eigenvalue weighted by Gasteiger charge is -2.09. The van der Waals surface area contributed by atoms with E-state index in [2.05, 4.69) is 27.8 Å². The Morgan fingerprint density at radius 3 is 3.00 bits per heavy atom. The highest BCUT2D eigenvalue weighted by Crippen LogP contribution is 2.33. The predicted octanol–water partition coefficient (Wildman–Crippen LogP) is 3.87. The lowest BCUT2D eigenvalue weighted by Crippen LogP contribution is -2.14. The lowest BCUT2D eigenvalue weighted by molar-refractivity contribution is 0.699. The number of hydrogen-bond acceptors (Lipinski definition) is 3. The third-order valence-electron chi connectivity index (χ3n) is 4.87. The number of thiophene rings is 1. The molecular formula is C19H17N3OS. The van der Waals surface area contributed by atoms with Gasteiger partial charge in [0.1, 0.15) is 10.7 Å². The molecule has 0 saturated heterocycles. The smallest absolute Gasteiger partial charge is 0.259 e. The largest absolute Gasteiger partial charge is 0.340 e. The van der Waals surface area contributed by atoms with Gasteiger partial charge in [-0.05, 0) is 48.8 Å². The minimum atomic E-state index is 0.0193. The Hall–Kier alpha value is -2.40. The number of aryl methyl sites for hydroxylation is 2. The van der Waals surface area contributed by atoms with Gasteiger partial charge in [-0.3, -0.25) is 4.79 Å². The van der Waals surface area contributed by atoms with Crippen LogP contribution < -0.4 is 5.56 Å². The molecule has 120 valence electrons. The zero-order valence-electron chi connectivity index (χ0n) is 13.2. The van der Waals surface area contributed by atoms with E-state index in [9.17, 15) is 4.79 Å². The maximum Gasteiger partial charge on any atom is 0.259 e. The first-order valence-corrected chi connectivity index (χ1v) is 9.18. The zero-order chi connectivity index (χ0) is 16.1. The fraction of sp³-hybridized carbons (Fsp3) is 0.263. The summed E-state index contributed by atoms with van der Waals surface area (Å²) in [5, 5.41) is 2.03. The topological polar surface area (TPSA) is 50.7 Å². The Bertz CT molecular complexity index is 1120. The molecule has 0 atom stereocenters. The number of rotatable bonds is 2. The summed E-state index contributed by atoms with van der Waals surface area (Å²) in [7, 11) is 0. The van der Waals surface area contributed by atoms with Crippen molar-refractivity contribution >= 4 is 32.5 Å². The molecule has 0 spiro atoms. The van der Waals surface area contributed by atoms with Gasteiger partial charge in [-0.1, -0.05) is 18.2 Å². The molecule has 4 aromatic rings. The summed E-state index contributed by atoms with van der Waals surface area (Å²) in [5.74, 6) is 0.729. The van der Waals surface area contributed by atoms with E-state index in [4.69, 9.17) is 4.98 Å². The fourth-order valence-electron chi connectivity index (χ4n) is 3.72. The van der Waals surface area contributed by atoms with E-state index < -0.39 is 0 Å². The average molecular weight is 335 g/mol. The van der Waals surface area contributed by atoms with Crippen LogP contribution in [-0.2, 0) is 19.4 Å². The number of aromatic amines is 1. The highest BCUT2D eigenvalue weighted by Gasteiger charge is 2.19. The maximum atomic E-state index is 12.6. The Balaban J connectivity index is 1.61. The summed E-state index contributed by atoms with van der Waals surface area (Å²) in [6, 6.07) is 10.4. The van der Waals surface area contributed by atoms with Crippen LogP contribution in [-0.4, -0.2) is 14.5 Å². The van der Waals surface area contributed by atoms with E-state index >= 15 is 0 Å². The number of nitrogens with zero attached hydrogens (tertiary/aromatic N) is 2. The molecule has 0 saturated carbocycles. The van der Waals surface area contributed by atoms with Crippen molar-refractivity contribution in [2.75, 3.05) is 0 Å². The number of benzene rings is 1. The van der Waals surface area contributed by atoms with Gasteiger partial charge < -0.3 is 9.55 Å². The molecule has 0 unspecified atom stereocenters. The van der Waals surface area contributed by atoms with E-state index in [0.29, 0.717) is 6.54 Å². The van der Waals surface area contributed by atoms with Crippen molar-refractivity contribution in [2.45, 2.75) is 32.2 Å². The summed E-state index contributed by atoms with van der Waals surface area (Å²) in [6.07, 6.45) is 6.55. The first kappa shape index (κ1) is 14.0. The Morgan fingerprint density at radius 1 is 1.17 bits per heavy atom. The minimum Gasteiger partial charge on any atom is -0.340 e. The molecule has 0 amide bonds. The van der Waals surface area contributed by atoms with Gasteiger partial charge in [0, 0.05) is 16.6 Å². The molecule has 1 N–H and O–H groups in total. The standard InChI is InChI=1S/C19H17N3OS/c23-18-17-13-6-2-4-8-15(13)24-19(17)21-16(20-18)11-22-10-9-12-5-1-3-7-14(12)22/h1,3,5,7,9-10H,2,4,6,8,11H2,(H,20,21,23). The van der Waals surface area contributed by atoms with Crippen molar-refractivity contribution in [2.24, 2.45) is 0 Å². The fourth-order valence-corrected chi connectivity index (χ4v) is 5.00. The normalized spacial score (nSPS) is 14.3. The molecule has 1 aliphatic carbocycles. The SMILES string of the molecule is O=c1[nH]c(Cn2ccc3ccccc32)nc2sc3c(c12)CCCC3. The predicted molar refractivity (Wildman–Crippen MR) is 97.9 cm³/mol. The van der Waals surface area contributed by atoms with Crippen LogP contribution in [0.25, 0.3) is 21.1 Å². The van der Waals surface area contributed by atoms with Crippen LogP contribution in [0.4, 0.5) is 0 Å². The number of para-hydroxylation sites is 1. The molecule has 3 aromatic heterocycles. The van der Waals surface area contributed by atoms with Crippen LogP contribution in [0.5, 0.6) is 0 Å². The monoisotopic (exact) mass is 335 g/mol. The summed E-state index contributed by atoms with van der Waals surface area (Å²) < 4.78 is 2.13. The molecule has 0 bridgehead atoms. The molecule has 0 aliphatic heterocycles. The number of fused-ring (bicyclic) bond motifs is 4. The molecule has 5 rings (SSSR count). The second-order valence-corrected chi connectivity index (χ2v) is 7.49. The van der Waals surface area contributed by atoms with Crippen LogP contribution in [0.15, 0.2) is 41.3 Å². The van der Waals surface area contributed by atoms with Crippen molar-refractivity contribution in [3.8, 4) is 0 Å². The van der Waals surface area contributed by atoms with Crippen LogP contribution in [0, 0.1) is 0 Å². The summed E-state index contributed by atoms with van der Waals surface area (Å²) >= 11 is 1.70. The van der Waals surface area contributed by atoms with Gasteiger partial charge in [0.05, 0.1) is 11.9 Å². The van der Waals surface area contributed by atoms with Crippen molar-refractivity contribution in [3.63, 3.8) is 0 Å². The second-order valence-electron chi connectivity index (χ2n) is 6.41. The van der Waals surface area contributed by atoms with E-state index in [-0.39, 0.29) is 5.56 Å².